The molecule has 2 rings (SSSR count). The minimum Gasteiger partial charge on any atom is -0.485 e. The van der Waals surface area contributed by atoms with Gasteiger partial charge in [-0.2, -0.15) is 0 Å². The maximum Gasteiger partial charge on any atom is 0.125 e. The van der Waals surface area contributed by atoms with Crippen LogP contribution in [0.2, 0.25) is 0 Å². The molecule has 0 spiro atoms. The van der Waals surface area contributed by atoms with Gasteiger partial charge in [0.2, 0.25) is 0 Å². The number of aryl methyl sites for hydroxylation is 1. The van der Waals surface area contributed by atoms with Crippen molar-refractivity contribution in [3.63, 3.8) is 0 Å². The molecule has 2 aromatic carbocycles. The molecule has 100 valence electrons. The lowest BCUT2D eigenvalue weighted by Crippen LogP contribution is -2.16. The molecule has 0 aromatic heterocycles. The maximum atomic E-state index is 7.95. The summed E-state index contributed by atoms with van der Waals surface area (Å²) in [5.41, 5.74) is 1.85. The van der Waals surface area contributed by atoms with Crippen molar-refractivity contribution in [1.29, 1.82) is 0 Å². The van der Waals surface area contributed by atoms with Crippen molar-refractivity contribution in [2.24, 2.45) is 0 Å². The Labute approximate surface area is 119 Å². The molecule has 2 heteroatoms. The van der Waals surface area contributed by atoms with Gasteiger partial charge in [0.1, 0.15) is 11.9 Å². The normalized spacial score (nSPS) is 15.2. The van der Waals surface area contributed by atoms with E-state index in [4.69, 9.17) is 8.85 Å². The topological polar surface area (TPSA) is 21.3 Å². The van der Waals surface area contributed by atoms with Crippen molar-refractivity contribution in [1.82, 2.24) is 5.32 Å². The lowest BCUT2D eigenvalue weighted by atomic mass is 10.1. The van der Waals surface area contributed by atoms with Crippen LogP contribution in [0, 0.1) is 6.92 Å². The van der Waals surface area contributed by atoms with Crippen LogP contribution in [0.5, 0.6) is 5.75 Å². The number of benzene rings is 2. The lowest BCUT2D eigenvalue weighted by Gasteiger charge is -2.20. The average molecular weight is 258 g/mol. The summed E-state index contributed by atoms with van der Waals surface area (Å²) >= 11 is 0. The average Bonchev–Trinajstić information content (AvgIpc) is 2.51. The van der Waals surface area contributed by atoms with Crippen molar-refractivity contribution in [3.05, 3.63) is 65.7 Å². The van der Waals surface area contributed by atoms with E-state index in [0.717, 1.165) is 11.1 Å². The van der Waals surface area contributed by atoms with Gasteiger partial charge in [0.15, 0.2) is 0 Å². The standard InChI is InChI=1S/C17H21NO/c1-14-8-6-7-11-16(14)19-17(12-13-18-2)15-9-4-3-5-10-15/h3-11,17-18H,12-13H2,1-2H3/i7D,13D2. The van der Waals surface area contributed by atoms with Gasteiger partial charge >= 0.3 is 0 Å². The monoisotopic (exact) mass is 258 g/mol. The summed E-state index contributed by atoms with van der Waals surface area (Å²) in [5, 5.41) is 2.67. The summed E-state index contributed by atoms with van der Waals surface area (Å²) in [5.74, 6) is 0.619. The molecule has 0 saturated heterocycles. The second-order valence-corrected chi connectivity index (χ2v) is 4.34. The van der Waals surface area contributed by atoms with Gasteiger partial charge in [-0.25, -0.2) is 0 Å². The van der Waals surface area contributed by atoms with E-state index in [-0.39, 0.29) is 6.42 Å². The third kappa shape index (κ3) is 3.83. The summed E-state index contributed by atoms with van der Waals surface area (Å²) < 4.78 is 29.7. The second-order valence-electron chi connectivity index (χ2n) is 4.34. The van der Waals surface area contributed by atoms with Gasteiger partial charge in [-0.1, -0.05) is 48.5 Å². The second kappa shape index (κ2) is 6.95. The van der Waals surface area contributed by atoms with Gasteiger partial charge in [0, 0.05) is 9.16 Å². The van der Waals surface area contributed by atoms with Crippen LogP contribution in [0.1, 0.15) is 27.8 Å². The summed E-state index contributed by atoms with van der Waals surface area (Å²) in [6.45, 7) is 0.385. The molecule has 0 saturated carbocycles. The van der Waals surface area contributed by atoms with Crippen LogP contribution in [-0.4, -0.2) is 13.5 Å². The fraction of sp³-hybridized carbons (Fsp3) is 0.294. The SMILES string of the molecule is [2H]c1ccc(C)c(OC(CC([2H])([2H])NC)c2ccccc2)c1. The molecule has 2 aromatic rings. The Balaban J connectivity index is 2.30. The number of hydrogen-bond acceptors (Lipinski definition) is 2. The van der Waals surface area contributed by atoms with E-state index < -0.39 is 12.6 Å². The molecule has 1 N–H and O–H groups in total. The highest BCUT2D eigenvalue weighted by molar-refractivity contribution is 5.33. The van der Waals surface area contributed by atoms with Crippen LogP contribution in [0.3, 0.4) is 0 Å². The molecular weight excluding hydrogens is 234 g/mol. The molecule has 0 aliphatic rings. The molecule has 1 unspecified atom stereocenters. The molecule has 0 heterocycles. The summed E-state index contributed by atoms with van der Waals surface area (Å²) in [6.07, 6.45) is -0.251. The zero-order valence-electron chi connectivity index (χ0n) is 14.3. The van der Waals surface area contributed by atoms with Crippen LogP contribution in [-0.2, 0) is 0 Å². The number of para-hydroxylation sites is 1. The molecule has 19 heavy (non-hydrogen) atoms. The maximum absolute atomic E-state index is 7.95. The molecule has 0 radical (unpaired) electrons. The van der Waals surface area contributed by atoms with Gasteiger partial charge in [0.05, 0.1) is 1.37 Å². The molecular formula is C17H21NO. The third-order valence-electron chi connectivity index (χ3n) is 2.94. The Morgan fingerprint density at radius 2 is 2.00 bits per heavy atom. The first-order valence-corrected chi connectivity index (χ1v) is 6.39. The minimum atomic E-state index is -1.53. The number of ether oxygens (including phenoxy) is 1. The highest BCUT2D eigenvalue weighted by Gasteiger charge is 2.13. The Kier molecular flexibility index (Phi) is 3.68. The molecule has 0 aliphatic heterocycles. The summed E-state index contributed by atoms with van der Waals surface area (Å²) in [4.78, 5) is 0. The van der Waals surface area contributed by atoms with E-state index in [1.165, 1.54) is 0 Å². The number of rotatable bonds is 6. The molecule has 0 fully saturated rings. The van der Waals surface area contributed by atoms with Crippen molar-refractivity contribution in [3.8, 4) is 5.75 Å². The highest BCUT2D eigenvalue weighted by atomic mass is 16.5. The van der Waals surface area contributed by atoms with Crippen molar-refractivity contribution in [2.75, 3.05) is 13.5 Å². The predicted octanol–water partition coefficient (Wildman–Crippen LogP) is 3.72. The third-order valence-corrected chi connectivity index (χ3v) is 2.94. The van der Waals surface area contributed by atoms with E-state index >= 15 is 0 Å². The summed E-state index contributed by atoms with van der Waals surface area (Å²) in [6, 6.07) is 15.2. The first-order chi connectivity index (χ1) is 10.4. The van der Waals surface area contributed by atoms with Crippen LogP contribution >= 0.6 is 0 Å². The molecule has 0 bridgehead atoms. The fourth-order valence-electron chi connectivity index (χ4n) is 1.86. The van der Waals surface area contributed by atoms with Gasteiger partial charge < -0.3 is 10.1 Å². The van der Waals surface area contributed by atoms with E-state index in [0.29, 0.717) is 11.8 Å². The zero-order valence-corrected chi connectivity index (χ0v) is 11.3. The largest absolute Gasteiger partial charge is 0.485 e. The number of hydrogen-bond donors (Lipinski definition) is 1. The zero-order chi connectivity index (χ0) is 16.2. The fourth-order valence-corrected chi connectivity index (χ4v) is 1.86. The van der Waals surface area contributed by atoms with Crippen molar-refractivity contribution >= 4 is 0 Å². The Morgan fingerprint density at radius 3 is 2.74 bits per heavy atom. The van der Waals surface area contributed by atoms with Crippen LogP contribution < -0.4 is 10.1 Å². The van der Waals surface area contributed by atoms with Crippen molar-refractivity contribution < 1.29 is 8.85 Å². The van der Waals surface area contributed by atoms with Gasteiger partial charge in [-0.05, 0) is 37.7 Å². The van der Waals surface area contributed by atoms with Crippen LogP contribution in [0.15, 0.2) is 54.6 Å². The predicted molar refractivity (Wildman–Crippen MR) is 79.5 cm³/mol. The molecule has 0 amide bonds. The van der Waals surface area contributed by atoms with Crippen LogP contribution in [0.25, 0.3) is 0 Å². The Bertz CT molecular complexity index is 617. The van der Waals surface area contributed by atoms with E-state index in [1.54, 1.807) is 19.2 Å². The first kappa shape index (κ1) is 10.0. The van der Waals surface area contributed by atoms with Gasteiger partial charge in [-0.3, -0.25) is 0 Å². The highest BCUT2D eigenvalue weighted by Crippen LogP contribution is 2.26. The quantitative estimate of drug-likeness (QED) is 0.852. The first-order valence-electron chi connectivity index (χ1n) is 7.89. The lowest BCUT2D eigenvalue weighted by molar-refractivity contribution is 0.193. The molecule has 0 aliphatic carbocycles. The molecule has 2 nitrogen and oxygen atoms in total. The number of nitrogens with one attached hydrogen (secondary N) is 1. The Morgan fingerprint density at radius 1 is 1.21 bits per heavy atom. The van der Waals surface area contributed by atoms with E-state index in [9.17, 15) is 0 Å². The Hall–Kier alpha value is -1.80. The van der Waals surface area contributed by atoms with Gasteiger partial charge in [0.25, 0.3) is 0 Å². The van der Waals surface area contributed by atoms with E-state index in [1.807, 2.05) is 43.3 Å². The van der Waals surface area contributed by atoms with E-state index in [2.05, 4.69) is 5.32 Å². The van der Waals surface area contributed by atoms with Gasteiger partial charge in [-0.15, -0.1) is 0 Å². The minimum absolute atomic E-state index is 0.176. The van der Waals surface area contributed by atoms with Crippen molar-refractivity contribution in [2.45, 2.75) is 19.4 Å². The van der Waals surface area contributed by atoms with Crippen LogP contribution in [0.4, 0.5) is 0 Å². The molecule has 1 atom stereocenters. The smallest absolute Gasteiger partial charge is 0.125 e. The summed E-state index contributed by atoms with van der Waals surface area (Å²) in [7, 11) is 1.59.